The molecule has 3 aromatic rings. The van der Waals surface area contributed by atoms with E-state index in [-0.39, 0.29) is 0 Å². The summed E-state index contributed by atoms with van der Waals surface area (Å²) >= 11 is 3.71. The van der Waals surface area contributed by atoms with Crippen LogP contribution in [0.5, 0.6) is 5.75 Å². The Morgan fingerprint density at radius 2 is 1.42 bits per heavy atom. The van der Waals surface area contributed by atoms with Crippen molar-refractivity contribution in [1.29, 1.82) is 0 Å². The molecule has 0 saturated carbocycles. The van der Waals surface area contributed by atoms with Gasteiger partial charge in [0.05, 0.1) is 0 Å². The fourth-order valence-electron chi connectivity index (χ4n) is 3.01. The maximum absolute atomic E-state index is 5.91. The molecule has 2 aliphatic rings. The van der Waals surface area contributed by atoms with E-state index in [2.05, 4.69) is 60.7 Å². The summed E-state index contributed by atoms with van der Waals surface area (Å²) in [5.74, 6) is 0.970. The van der Waals surface area contributed by atoms with Crippen molar-refractivity contribution >= 4 is 35.2 Å². The second-order valence-electron chi connectivity index (χ2n) is 5.81. The second kappa shape index (κ2) is 5.76. The average Bonchev–Trinajstić information content (AvgIpc) is 2.65. The van der Waals surface area contributed by atoms with Crippen molar-refractivity contribution in [2.75, 3.05) is 6.61 Å². The molecule has 0 saturated heterocycles. The Hall–Kier alpha value is -2.10. The molecule has 0 fully saturated rings. The van der Waals surface area contributed by atoms with Gasteiger partial charge in [-0.05, 0) is 47.5 Å². The predicted octanol–water partition coefficient (Wildman–Crippen LogP) is 6.24. The molecular formula is C21H14OS2. The highest BCUT2D eigenvalue weighted by molar-refractivity contribution is 8.05. The minimum absolute atomic E-state index is 0.629. The summed E-state index contributed by atoms with van der Waals surface area (Å²) in [5, 5.41) is 0. The molecule has 0 N–H and O–H groups in total. The van der Waals surface area contributed by atoms with Gasteiger partial charge >= 0.3 is 0 Å². The molecule has 24 heavy (non-hydrogen) atoms. The predicted molar refractivity (Wildman–Crippen MR) is 101 cm³/mol. The van der Waals surface area contributed by atoms with Crippen molar-refractivity contribution in [3.63, 3.8) is 0 Å². The van der Waals surface area contributed by atoms with E-state index in [1.807, 2.05) is 35.7 Å². The van der Waals surface area contributed by atoms with Crippen LogP contribution in [0.1, 0.15) is 11.1 Å². The lowest BCUT2D eigenvalue weighted by atomic mass is 10.0. The third-order valence-corrected chi connectivity index (χ3v) is 6.78. The zero-order valence-electron chi connectivity index (χ0n) is 12.9. The van der Waals surface area contributed by atoms with Crippen LogP contribution in [0.2, 0.25) is 0 Å². The van der Waals surface area contributed by atoms with Crippen LogP contribution in [0.15, 0.2) is 86.3 Å². The monoisotopic (exact) mass is 346 g/mol. The third kappa shape index (κ3) is 2.45. The Balaban J connectivity index is 1.53. The van der Waals surface area contributed by atoms with Crippen LogP contribution in [0, 0.1) is 0 Å². The van der Waals surface area contributed by atoms with Gasteiger partial charge in [0.25, 0.3) is 0 Å². The molecule has 0 bridgehead atoms. The minimum atomic E-state index is 0.629. The van der Waals surface area contributed by atoms with Crippen LogP contribution in [0.25, 0.3) is 11.6 Å². The second-order valence-corrected chi connectivity index (χ2v) is 7.98. The number of rotatable bonds is 1. The van der Waals surface area contributed by atoms with Crippen molar-refractivity contribution in [3.8, 4) is 5.75 Å². The lowest BCUT2D eigenvalue weighted by Crippen LogP contribution is -2.06. The van der Waals surface area contributed by atoms with Crippen LogP contribution in [0.4, 0.5) is 0 Å². The summed E-state index contributed by atoms with van der Waals surface area (Å²) in [6.45, 7) is 0.629. The highest BCUT2D eigenvalue weighted by atomic mass is 32.2. The van der Waals surface area contributed by atoms with E-state index in [0.717, 1.165) is 11.3 Å². The van der Waals surface area contributed by atoms with E-state index in [9.17, 15) is 0 Å². The topological polar surface area (TPSA) is 9.23 Å². The number of ether oxygens (including phenoxy) is 1. The highest BCUT2D eigenvalue weighted by Gasteiger charge is 2.19. The number of hydrogen-bond donors (Lipinski definition) is 0. The molecule has 0 unspecified atom stereocenters. The number of hydrogen-bond acceptors (Lipinski definition) is 3. The average molecular weight is 346 g/mol. The maximum atomic E-state index is 5.91. The van der Waals surface area contributed by atoms with Crippen LogP contribution >= 0.6 is 23.5 Å². The zero-order chi connectivity index (χ0) is 15.9. The van der Waals surface area contributed by atoms with Crippen molar-refractivity contribution in [3.05, 3.63) is 77.9 Å². The van der Waals surface area contributed by atoms with Gasteiger partial charge in [0.15, 0.2) is 0 Å². The van der Waals surface area contributed by atoms with E-state index >= 15 is 0 Å². The summed E-state index contributed by atoms with van der Waals surface area (Å²) in [7, 11) is 0. The van der Waals surface area contributed by atoms with E-state index in [4.69, 9.17) is 4.74 Å². The summed E-state index contributed by atoms with van der Waals surface area (Å²) in [4.78, 5) is 5.35. The van der Waals surface area contributed by atoms with Crippen molar-refractivity contribution in [2.45, 2.75) is 19.6 Å². The van der Waals surface area contributed by atoms with Crippen LogP contribution in [0.3, 0.4) is 0 Å². The van der Waals surface area contributed by atoms with Gasteiger partial charge in [0, 0.05) is 25.1 Å². The Kier molecular flexibility index (Phi) is 3.42. The lowest BCUT2D eigenvalue weighted by Gasteiger charge is -2.21. The van der Waals surface area contributed by atoms with Gasteiger partial charge in [-0.15, -0.1) is 0 Å². The SMILES string of the molecule is C1=C(c2ccc3c(c2)Sc2ccccc2S3)COc2ccccc21. The first-order valence-electron chi connectivity index (χ1n) is 7.88. The molecule has 0 spiro atoms. The lowest BCUT2D eigenvalue weighted by molar-refractivity contribution is 0.366. The molecule has 3 aromatic carbocycles. The van der Waals surface area contributed by atoms with Gasteiger partial charge in [-0.3, -0.25) is 0 Å². The molecule has 0 amide bonds. The first-order valence-corrected chi connectivity index (χ1v) is 9.52. The van der Waals surface area contributed by atoms with Crippen LogP contribution < -0.4 is 4.74 Å². The molecule has 0 radical (unpaired) electrons. The fourth-order valence-corrected chi connectivity index (χ4v) is 5.26. The molecule has 0 atom stereocenters. The Morgan fingerprint density at radius 3 is 2.29 bits per heavy atom. The number of benzene rings is 3. The Morgan fingerprint density at radius 1 is 0.708 bits per heavy atom. The fraction of sp³-hybridized carbons (Fsp3) is 0.0476. The molecule has 0 aliphatic carbocycles. The van der Waals surface area contributed by atoms with Crippen LogP contribution in [-0.4, -0.2) is 6.61 Å². The molecule has 0 aromatic heterocycles. The first-order chi connectivity index (χ1) is 11.9. The van der Waals surface area contributed by atoms with Crippen molar-refractivity contribution < 1.29 is 4.74 Å². The van der Waals surface area contributed by atoms with Gasteiger partial charge < -0.3 is 4.74 Å². The Labute approximate surface area is 149 Å². The van der Waals surface area contributed by atoms with Gasteiger partial charge in [0.1, 0.15) is 12.4 Å². The zero-order valence-corrected chi connectivity index (χ0v) is 14.5. The van der Waals surface area contributed by atoms with Gasteiger partial charge in [-0.1, -0.05) is 59.9 Å². The summed E-state index contributed by atoms with van der Waals surface area (Å²) < 4.78 is 5.91. The minimum Gasteiger partial charge on any atom is -0.488 e. The largest absolute Gasteiger partial charge is 0.488 e. The highest BCUT2D eigenvalue weighted by Crippen LogP contribution is 2.49. The smallest absolute Gasteiger partial charge is 0.127 e. The van der Waals surface area contributed by atoms with E-state index < -0.39 is 0 Å². The molecule has 3 heteroatoms. The molecule has 2 aliphatic heterocycles. The normalized spacial score (nSPS) is 14.8. The molecule has 116 valence electrons. The summed E-state index contributed by atoms with van der Waals surface area (Å²) in [5.41, 5.74) is 3.64. The summed E-state index contributed by atoms with van der Waals surface area (Å²) in [6.07, 6.45) is 2.25. The van der Waals surface area contributed by atoms with E-state index in [1.165, 1.54) is 30.7 Å². The standard InChI is InChI=1S/C21H14OS2/c1-2-6-17-15(5-1)11-16(13-22-17)14-9-10-20-21(12-14)24-19-8-4-3-7-18(19)23-20/h1-12H,13H2. The van der Waals surface area contributed by atoms with Crippen LogP contribution in [-0.2, 0) is 0 Å². The van der Waals surface area contributed by atoms with E-state index in [1.54, 1.807) is 0 Å². The number of para-hydroxylation sites is 1. The van der Waals surface area contributed by atoms with Gasteiger partial charge in [-0.25, -0.2) is 0 Å². The maximum Gasteiger partial charge on any atom is 0.127 e. The van der Waals surface area contributed by atoms with Gasteiger partial charge in [-0.2, -0.15) is 0 Å². The molecule has 1 nitrogen and oxygen atoms in total. The van der Waals surface area contributed by atoms with Crippen molar-refractivity contribution in [2.24, 2.45) is 0 Å². The van der Waals surface area contributed by atoms with Crippen molar-refractivity contribution in [1.82, 2.24) is 0 Å². The number of fused-ring (bicyclic) bond motifs is 3. The molecule has 2 heterocycles. The van der Waals surface area contributed by atoms with Gasteiger partial charge in [0.2, 0.25) is 0 Å². The molecule has 5 rings (SSSR count). The Bertz CT molecular complexity index is 975. The first kappa shape index (κ1) is 14.3. The quantitative estimate of drug-likeness (QED) is 0.404. The summed E-state index contributed by atoms with van der Waals surface area (Å²) in [6, 6.07) is 23.5. The van der Waals surface area contributed by atoms with E-state index in [0.29, 0.717) is 6.61 Å². The third-order valence-electron chi connectivity index (χ3n) is 4.24. The molecular weight excluding hydrogens is 332 g/mol.